The fourth-order valence-electron chi connectivity index (χ4n) is 4.73. The van der Waals surface area contributed by atoms with E-state index in [0.717, 1.165) is 5.75 Å². The Kier molecular flexibility index (Phi) is 4.60. The van der Waals surface area contributed by atoms with Crippen LogP contribution in [0.15, 0.2) is 24.3 Å². The maximum absolute atomic E-state index is 6.22. The standard InChI is InChI=1S/C24H30NO/c1-16-10-18(3)22(19(4)11-16)14-25-15-26-24-21(12-17(2)13-23(24)25)20-8-6-5-7-9-20/h10-14,20H,5-9,15H2,1-4H3/q+1/b25-14-. The average Bonchev–Trinajstić information content (AvgIpc) is 3.00. The molecule has 1 aliphatic heterocycles. The maximum atomic E-state index is 6.22. The largest absolute Gasteiger partial charge is 0.429 e. The molecule has 1 aliphatic carbocycles. The van der Waals surface area contributed by atoms with Crippen LogP contribution in [0.1, 0.15) is 71.4 Å². The lowest BCUT2D eigenvalue weighted by atomic mass is 9.83. The zero-order valence-electron chi connectivity index (χ0n) is 16.6. The number of hydrogen-bond acceptors (Lipinski definition) is 1. The van der Waals surface area contributed by atoms with Crippen LogP contribution in [0.5, 0.6) is 5.75 Å². The van der Waals surface area contributed by atoms with Gasteiger partial charge in [0.25, 0.3) is 12.4 Å². The molecule has 136 valence electrons. The minimum atomic E-state index is 0.616. The highest BCUT2D eigenvalue weighted by molar-refractivity contribution is 5.82. The van der Waals surface area contributed by atoms with Crippen LogP contribution in [0.25, 0.3) is 0 Å². The van der Waals surface area contributed by atoms with E-state index in [-0.39, 0.29) is 0 Å². The van der Waals surface area contributed by atoms with Gasteiger partial charge in [-0.1, -0.05) is 43.0 Å². The Bertz CT molecular complexity index is 849. The van der Waals surface area contributed by atoms with Gasteiger partial charge in [0.05, 0.1) is 0 Å². The molecular formula is C24H30NO+. The van der Waals surface area contributed by atoms with E-state index in [1.54, 1.807) is 0 Å². The Morgan fingerprint density at radius 2 is 1.54 bits per heavy atom. The van der Waals surface area contributed by atoms with Gasteiger partial charge in [-0.15, -0.1) is 0 Å². The van der Waals surface area contributed by atoms with Gasteiger partial charge >= 0.3 is 0 Å². The van der Waals surface area contributed by atoms with E-state index in [1.807, 2.05) is 0 Å². The normalized spacial score (nSPS) is 18.8. The van der Waals surface area contributed by atoms with Gasteiger partial charge in [0.1, 0.15) is 0 Å². The van der Waals surface area contributed by atoms with Crippen molar-refractivity contribution in [3.63, 3.8) is 0 Å². The third-order valence-electron chi connectivity index (χ3n) is 5.97. The lowest BCUT2D eigenvalue weighted by molar-refractivity contribution is -0.452. The van der Waals surface area contributed by atoms with Gasteiger partial charge in [0.2, 0.25) is 5.75 Å². The summed E-state index contributed by atoms with van der Waals surface area (Å²) in [6, 6.07) is 9.17. The number of fused-ring (bicyclic) bond motifs is 1. The highest BCUT2D eigenvalue weighted by Gasteiger charge is 2.32. The fourth-order valence-corrected chi connectivity index (χ4v) is 4.73. The minimum Gasteiger partial charge on any atom is -0.429 e. The van der Waals surface area contributed by atoms with Crippen molar-refractivity contribution >= 4 is 11.9 Å². The molecule has 0 spiro atoms. The summed E-state index contributed by atoms with van der Waals surface area (Å²) in [4.78, 5) is 0. The lowest BCUT2D eigenvalue weighted by Crippen LogP contribution is -2.09. The van der Waals surface area contributed by atoms with Crippen molar-refractivity contribution in [2.24, 2.45) is 0 Å². The van der Waals surface area contributed by atoms with Crippen LogP contribution < -0.4 is 4.74 Å². The molecule has 1 heterocycles. The molecule has 2 nitrogen and oxygen atoms in total. The number of aryl methyl sites for hydroxylation is 4. The first kappa shape index (κ1) is 17.3. The van der Waals surface area contributed by atoms with Crippen molar-refractivity contribution < 1.29 is 9.31 Å². The summed E-state index contributed by atoms with van der Waals surface area (Å²) in [5.74, 6) is 1.79. The predicted molar refractivity (Wildman–Crippen MR) is 108 cm³/mol. The molecule has 2 aromatic carbocycles. The number of rotatable bonds is 2. The molecule has 2 aliphatic rings. The van der Waals surface area contributed by atoms with Crippen LogP contribution in [-0.2, 0) is 0 Å². The number of hydrogen-bond donors (Lipinski definition) is 0. The SMILES string of the molecule is Cc1cc(C)c(/C=[N+]2/COc3c(C4CCCCC4)cc(C)cc32)c(C)c1. The van der Waals surface area contributed by atoms with Gasteiger partial charge in [-0.25, -0.2) is 0 Å². The Hall–Kier alpha value is -2.09. The Labute approximate surface area is 157 Å². The second kappa shape index (κ2) is 6.90. The first-order valence-corrected chi connectivity index (χ1v) is 9.99. The van der Waals surface area contributed by atoms with E-state index in [0.29, 0.717) is 12.6 Å². The lowest BCUT2D eigenvalue weighted by Gasteiger charge is -2.22. The van der Waals surface area contributed by atoms with E-state index >= 15 is 0 Å². The van der Waals surface area contributed by atoms with Crippen LogP contribution in [0.4, 0.5) is 5.69 Å². The van der Waals surface area contributed by atoms with Crippen molar-refractivity contribution in [1.82, 2.24) is 0 Å². The Balaban J connectivity index is 1.77. The van der Waals surface area contributed by atoms with Gasteiger partial charge in [0.15, 0.2) is 6.21 Å². The molecule has 2 aromatic rings. The number of benzene rings is 2. The van der Waals surface area contributed by atoms with E-state index in [4.69, 9.17) is 4.74 Å². The van der Waals surface area contributed by atoms with Crippen LogP contribution in [0, 0.1) is 27.7 Å². The summed E-state index contributed by atoms with van der Waals surface area (Å²) >= 11 is 0. The van der Waals surface area contributed by atoms with Gasteiger partial charge in [-0.2, -0.15) is 4.58 Å². The summed E-state index contributed by atoms with van der Waals surface area (Å²) in [7, 11) is 0. The van der Waals surface area contributed by atoms with E-state index in [2.05, 4.69) is 62.8 Å². The molecule has 26 heavy (non-hydrogen) atoms. The summed E-state index contributed by atoms with van der Waals surface area (Å²) in [5.41, 5.74) is 9.31. The van der Waals surface area contributed by atoms with E-state index < -0.39 is 0 Å². The van der Waals surface area contributed by atoms with Gasteiger partial charge < -0.3 is 4.74 Å². The molecular weight excluding hydrogens is 318 g/mol. The highest BCUT2D eigenvalue weighted by Crippen LogP contribution is 2.44. The molecule has 1 fully saturated rings. The first-order chi connectivity index (χ1) is 12.5. The molecule has 0 aromatic heterocycles. The minimum absolute atomic E-state index is 0.616. The van der Waals surface area contributed by atoms with Crippen molar-refractivity contribution in [3.05, 3.63) is 57.6 Å². The number of nitrogens with zero attached hydrogens (tertiary/aromatic N) is 1. The molecule has 0 atom stereocenters. The third kappa shape index (κ3) is 3.18. The van der Waals surface area contributed by atoms with Crippen molar-refractivity contribution in [3.8, 4) is 5.75 Å². The topological polar surface area (TPSA) is 12.2 Å². The number of ether oxygens (including phenoxy) is 1. The predicted octanol–water partition coefficient (Wildman–Crippen LogP) is 6.08. The zero-order chi connectivity index (χ0) is 18.3. The van der Waals surface area contributed by atoms with Gasteiger partial charge in [-0.3, -0.25) is 0 Å². The van der Waals surface area contributed by atoms with Crippen molar-refractivity contribution in [1.29, 1.82) is 0 Å². The molecule has 2 heteroatoms. The second-order valence-electron chi connectivity index (χ2n) is 8.22. The third-order valence-corrected chi connectivity index (χ3v) is 5.97. The molecule has 0 saturated heterocycles. The average molecular weight is 349 g/mol. The fraction of sp³-hybridized carbons (Fsp3) is 0.458. The summed E-state index contributed by atoms with van der Waals surface area (Å²) in [5, 5.41) is 0. The summed E-state index contributed by atoms with van der Waals surface area (Å²) < 4.78 is 8.51. The molecule has 0 bridgehead atoms. The van der Waals surface area contributed by atoms with Crippen LogP contribution in [-0.4, -0.2) is 17.5 Å². The molecule has 0 unspecified atom stereocenters. The van der Waals surface area contributed by atoms with Crippen LogP contribution >= 0.6 is 0 Å². The Morgan fingerprint density at radius 3 is 2.23 bits per heavy atom. The monoisotopic (exact) mass is 348 g/mol. The second-order valence-corrected chi connectivity index (χ2v) is 8.22. The summed E-state index contributed by atoms with van der Waals surface area (Å²) in [6.07, 6.45) is 8.98. The van der Waals surface area contributed by atoms with Crippen molar-refractivity contribution in [2.75, 3.05) is 6.73 Å². The van der Waals surface area contributed by atoms with Gasteiger partial charge in [0, 0.05) is 17.2 Å². The van der Waals surface area contributed by atoms with Gasteiger partial charge in [-0.05, 0) is 63.1 Å². The molecule has 0 amide bonds. The zero-order valence-corrected chi connectivity index (χ0v) is 16.6. The van der Waals surface area contributed by atoms with E-state index in [1.165, 1.54) is 71.2 Å². The first-order valence-electron chi connectivity index (χ1n) is 9.99. The quantitative estimate of drug-likeness (QED) is 0.599. The Morgan fingerprint density at radius 1 is 0.885 bits per heavy atom. The molecule has 1 saturated carbocycles. The maximum Gasteiger partial charge on any atom is 0.293 e. The van der Waals surface area contributed by atoms with E-state index in [9.17, 15) is 0 Å². The highest BCUT2D eigenvalue weighted by atomic mass is 16.5. The van der Waals surface area contributed by atoms with Crippen LogP contribution in [0.3, 0.4) is 0 Å². The molecule has 4 rings (SSSR count). The van der Waals surface area contributed by atoms with Crippen LogP contribution in [0.2, 0.25) is 0 Å². The summed E-state index contributed by atoms with van der Waals surface area (Å²) in [6.45, 7) is 9.40. The molecule has 0 radical (unpaired) electrons. The smallest absolute Gasteiger partial charge is 0.293 e. The molecule has 0 N–H and O–H groups in total. The van der Waals surface area contributed by atoms with Crippen molar-refractivity contribution in [2.45, 2.75) is 65.7 Å².